The predicted octanol–water partition coefficient (Wildman–Crippen LogP) is 0.151. The molecular weight excluding hydrogens is 264 g/mol. The lowest BCUT2D eigenvalue weighted by molar-refractivity contribution is 0.582. The minimum atomic E-state index is -3.57. The highest BCUT2D eigenvalue weighted by Crippen LogP contribution is 2.09. The second kappa shape index (κ2) is 5.93. The molecule has 0 unspecified atom stereocenters. The van der Waals surface area contributed by atoms with Gasteiger partial charge in [0.05, 0.1) is 0 Å². The van der Waals surface area contributed by atoms with Gasteiger partial charge in [-0.05, 0) is 25.1 Å². The first-order valence-corrected chi connectivity index (χ1v) is 7.34. The number of rotatable bonds is 4. The van der Waals surface area contributed by atoms with Crippen LogP contribution in [0, 0.1) is 11.3 Å². The van der Waals surface area contributed by atoms with E-state index in [0.717, 1.165) is 25.1 Å². The molecule has 2 heterocycles. The SMILES string of the molecule is N#Cc1ccc(S(=O)(=O)NCC2=CCNCC2)cn1. The highest BCUT2D eigenvalue weighted by Gasteiger charge is 2.15. The molecule has 100 valence electrons. The Balaban J connectivity index is 2.05. The molecule has 0 spiro atoms. The largest absolute Gasteiger partial charge is 0.313 e. The third-order valence-corrected chi connectivity index (χ3v) is 4.19. The zero-order valence-electron chi connectivity index (χ0n) is 10.3. The smallest absolute Gasteiger partial charge is 0.242 e. The Labute approximate surface area is 112 Å². The summed E-state index contributed by atoms with van der Waals surface area (Å²) >= 11 is 0. The van der Waals surface area contributed by atoms with E-state index in [1.807, 2.05) is 12.1 Å². The fraction of sp³-hybridized carbons (Fsp3) is 0.333. The average Bonchev–Trinajstić information content (AvgIpc) is 2.46. The molecule has 0 atom stereocenters. The second-order valence-electron chi connectivity index (χ2n) is 4.13. The van der Waals surface area contributed by atoms with Gasteiger partial charge in [0.1, 0.15) is 16.7 Å². The first kappa shape index (κ1) is 13.7. The third kappa shape index (κ3) is 3.61. The molecule has 1 aliphatic rings. The van der Waals surface area contributed by atoms with E-state index in [9.17, 15) is 8.42 Å². The van der Waals surface area contributed by atoms with Crippen molar-refractivity contribution < 1.29 is 8.42 Å². The van der Waals surface area contributed by atoms with E-state index < -0.39 is 10.0 Å². The summed E-state index contributed by atoms with van der Waals surface area (Å²) in [5.74, 6) is 0. The van der Waals surface area contributed by atoms with Gasteiger partial charge >= 0.3 is 0 Å². The highest BCUT2D eigenvalue weighted by atomic mass is 32.2. The first-order valence-electron chi connectivity index (χ1n) is 5.86. The van der Waals surface area contributed by atoms with Crippen molar-refractivity contribution in [1.82, 2.24) is 15.0 Å². The van der Waals surface area contributed by atoms with Crippen LogP contribution in [0.3, 0.4) is 0 Å². The third-order valence-electron chi connectivity index (χ3n) is 2.81. The number of nitrogens with one attached hydrogen (secondary N) is 2. The maximum Gasteiger partial charge on any atom is 0.242 e. The van der Waals surface area contributed by atoms with Crippen LogP contribution in [-0.4, -0.2) is 33.0 Å². The van der Waals surface area contributed by atoms with E-state index in [1.165, 1.54) is 18.3 Å². The Kier molecular flexibility index (Phi) is 4.27. The number of pyridine rings is 1. The molecule has 0 saturated carbocycles. The molecule has 1 aliphatic heterocycles. The minimum absolute atomic E-state index is 0.0704. The summed E-state index contributed by atoms with van der Waals surface area (Å²) in [6.45, 7) is 1.95. The molecule has 2 rings (SSSR count). The molecule has 0 bridgehead atoms. The Bertz CT molecular complexity index is 614. The van der Waals surface area contributed by atoms with Crippen LogP contribution in [0.5, 0.6) is 0 Å². The maximum absolute atomic E-state index is 12.0. The summed E-state index contributed by atoms with van der Waals surface area (Å²) in [5.41, 5.74) is 1.27. The van der Waals surface area contributed by atoms with Gasteiger partial charge < -0.3 is 5.32 Å². The van der Waals surface area contributed by atoms with E-state index in [2.05, 4.69) is 15.0 Å². The Hall–Kier alpha value is -1.75. The van der Waals surface area contributed by atoms with Gasteiger partial charge in [-0.25, -0.2) is 18.1 Å². The van der Waals surface area contributed by atoms with Gasteiger partial charge in [-0.2, -0.15) is 5.26 Å². The van der Waals surface area contributed by atoms with Gasteiger partial charge in [0.15, 0.2) is 0 Å². The fourth-order valence-corrected chi connectivity index (χ4v) is 2.69. The molecule has 0 radical (unpaired) electrons. The predicted molar refractivity (Wildman–Crippen MR) is 69.7 cm³/mol. The Morgan fingerprint density at radius 2 is 2.32 bits per heavy atom. The number of hydrogen-bond donors (Lipinski definition) is 2. The summed E-state index contributed by atoms with van der Waals surface area (Å²) < 4.78 is 26.5. The molecule has 0 aromatic carbocycles. The van der Waals surface area contributed by atoms with E-state index >= 15 is 0 Å². The van der Waals surface area contributed by atoms with Gasteiger partial charge in [-0.3, -0.25) is 0 Å². The summed E-state index contributed by atoms with van der Waals surface area (Å²) in [4.78, 5) is 3.82. The van der Waals surface area contributed by atoms with Crippen LogP contribution in [0.2, 0.25) is 0 Å². The van der Waals surface area contributed by atoms with Crippen LogP contribution in [0.1, 0.15) is 12.1 Å². The summed E-state index contributed by atoms with van der Waals surface area (Å²) in [7, 11) is -3.57. The molecule has 0 aliphatic carbocycles. The minimum Gasteiger partial charge on any atom is -0.313 e. The van der Waals surface area contributed by atoms with Crippen LogP contribution in [-0.2, 0) is 10.0 Å². The number of aromatic nitrogens is 1. The van der Waals surface area contributed by atoms with Crippen LogP contribution in [0.15, 0.2) is 34.9 Å². The van der Waals surface area contributed by atoms with Gasteiger partial charge in [0.25, 0.3) is 0 Å². The summed E-state index contributed by atoms with van der Waals surface area (Å²) in [6, 6.07) is 4.61. The monoisotopic (exact) mass is 278 g/mol. The molecule has 7 heteroatoms. The Morgan fingerprint density at radius 3 is 2.89 bits per heavy atom. The van der Waals surface area contributed by atoms with E-state index in [4.69, 9.17) is 5.26 Å². The van der Waals surface area contributed by atoms with Crippen LogP contribution >= 0.6 is 0 Å². The molecule has 0 amide bonds. The second-order valence-corrected chi connectivity index (χ2v) is 5.90. The molecule has 6 nitrogen and oxygen atoms in total. The van der Waals surface area contributed by atoms with Gasteiger partial charge in [0, 0.05) is 19.3 Å². The topological polar surface area (TPSA) is 94.9 Å². The fourth-order valence-electron chi connectivity index (χ4n) is 1.71. The van der Waals surface area contributed by atoms with Gasteiger partial charge in [-0.1, -0.05) is 11.6 Å². The maximum atomic E-state index is 12.0. The Morgan fingerprint density at radius 1 is 1.47 bits per heavy atom. The number of hydrogen-bond acceptors (Lipinski definition) is 5. The normalized spacial score (nSPS) is 15.6. The van der Waals surface area contributed by atoms with Crippen molar-refractivity contribution in [3.05, 3.63) is 35.7 Å². The van der Waals surface area contributed by atoms with Gasteiger partial charge in [0.2, 0.25) is 10.0 Å². The van der Waals surface area contributed by atoms with Crippen molar-refractivity contribution in [1.29, 1.82) is 5.26 Å². The van der Waals surface area contributed by atoms with Crippen molar-refractivity contribution in [3.63, 3.8) is 0 Å². The van der Waals surface area contributed by atoms with Crippen LogP contribution in [0.25, 0.3) is 0 Å². The van der Waals surface area contributed by atoms with Crippen LogP contribution in [0.4, 0.5) is 0 Å². The van der Waals surface area contributed by atoms with Crippen molar-refractivity contribution in [2.75, 3.05) is 19.6 Å². The zero-order chi connectivity index (χ0) is 13.7. The zero-order valence-corrected chi connectivity index (χ0v) is 11.1. The molecule has 1 aromatic heterocycles. The van der Waals surface area contributed by atoms with Gasteiger partial charge in [-0.15, -0.1) is 0 Å². The molecule has 1 aromatic rings. The van der Waals surface area contributed by atoms with Crippen molar-refractivity contribution in [2.24, 2.45) is 0 Å². The number of sulfonamides is 1. The number of nitriles is 1. The molecule has 19 heavy (non-hydrogen) atoms. The van der Waals surface area contributed by atoms with E-state index in [0.29, 0.717) is 6.54 Å². The lowest BCUT2D eigenvalue weighted by Gasteiger charge is -2.14. The molecule has 0 fully saturated rings. The van der Waals surface area contributed by atoms with Crippen molar-refractivity contribution in [3.8, 4) is 6.07 Å². The van der Waals surface area contributed by atoms with E-state index in [1.54, 1.807) is 0 Å². The number of nitrogens with zero attached hydrogens (tertiary/aromatic N) is 2. The lowest BCUT2D eigenvalue weighted by atomic mass is 10.1. The highest BCUT2D eigenvalue weighted by molar-refractivity contribution is 7.89. The standard InChI is InChI=1S/C12H14N4O2S/c13-7-11-1-2-12(9-15-11)19(17,18)16-8-10-3-5-14-6-4-10/h1-3,9,14,16H,4-6,8H2. The molecule has 0 saturated heterocycles. The lowest BCUT2D eigenvalue weighted by Crippen LogP contribution is -2.29. The van der Waals surface area contributed by atoms with E-state index in [-0.39, 0.29) is 10.6 Å². The average molecular weight is 278 g/mol. The van der Waals surface area contributed by atoms with Crippen molar-refractivity contribution >= 4 is 10.0 Å². The summed E-state index contributed by atoms with van der Waals surface area (Å²) in [5, 5.41) is 11.8. The van der Waals surface area contributed by atoms with Crippen molar-refractivity contribution in [2.45, 2.75) is 11.3 Å². The molecular formula is C12H14N4O2S. The van der Waals surface area contributed by atoms with Crippen LogP contribution < -0.4 is 10.0 Å². The quantitative estimate of drug-likeness (QED) is 0.765. The summed E-state index contributed by atoms with van der Waals surface area (Å²) in [6.07, 6.45) is 4.02. The molecule has 2 N–H and O–H groups in total. The first-order chi connectivity index (χ1) is 9.12.